The van der Waals surface area contributed by atoms with Gasteiger partial charge in [0.25, 0.3) is 0 Å². The molecular weight excluding hydrogens is 276 g/mol. The lowest BCUT2D eigenvalue weighted by atomic mass is 10.1. The van der Waals surface area contributed by atoms with Crippen LogP contribution in [0.5, 0.6) is 0 Å². The van der Waals surface area contributed by atoms with E-state index in [-0.39, 0.29) is 25.6 Å². The van der Waals surface area contributed by atoms with Crippen molar-refractivity contribution in [2.24, 2.45) is 0 Å². The first-order valence-corrected chi connectivity index (χ1v) is 6.63. The summed E-state index contributed by atoms with van der Waals surface area (Å²) in [6, 6.07) is 0.179. The van der Waals surface area contributed by atoms with Gasteiger partial charge >= 0.3 is 6.09 Å². The predicted molar refractivity (Wildman–Crippen MR) is 83.1 cm³/mol. The number of carbonyl (C=O) groups excluding carboxylic acids is 1. The maximum Gasteiger partial charge on any atom is 0.410 e. The fourth-order valence-corrected chi connectivity index (χ4v) is 2.22. The highest BCUT2D eigenvalue weighted by Gasteiger charge is 2.28. The van der Waals surface area contributed by atoms with Crippen LogP contribution < -0.4 is 5.73 Å². The Morgan fingerprint density at radius 3 is 2.75 bits per heavy atom. The van der Waals surface area contributed by atoms with Crippen LogP contribution in [0.25, 0.3) is 0 Å². The smallest absolute Gasteiger partial charge is 0.410 e. The average molecular weight is 300 g/mol. The fourth-order valence-electron chi connectivity index (χ4n) is 2.22. The van der Waals surface area contributed by atoms with Crippen molar-refractivity contribution in [2.75, 3.05) is 18.8 Å². The summed E-state index contributed by atoms with van der Waals surface area (Å²) in [5.41, 5.74) is 5.86. The first kappa shape index (κ1) is 16.7. The standard InChI is InChI=1S/C13H22N4O2.H2S/c1-13(2,3)19-12(18)16-6-4-5-11(9-16)17-8-10(14)7-15-17;/h7-8,11H,4-6,9,14H2,1-3H3;1H2/t11-;/m0./s1. The van der Waals surface area contributed by atoms with Gasteiger partial charge < -0.3 is 15.4 Å². The lowest BCUT2D eigenvalue weighted by Crippen LogP contribution is -2.43. The van der Waals surface area contributed by atoms with E-state index in [9.17, 15) is 4.79 Å². The summed E-state index contributed by atoms with van der Waals surface area (Å²) >= 11 is 0. The Morgan fingerprint density at radius 2 is 2.20 bits per heavy atom. The normalized spacial score (nSPS) is 19.4. The highest BCUT2D eigenvalue weighted by Crippen LogP contribution is 2.23. The molecule has 0 bridgehead atoms. The van der Waals surface area contributed by atoms with E-state index in [4.69, 9.17) is 10.5 Å². The second-order valence-electron chi connectivity index (χ2n) is 5.98. The number of piperidine rings is 1. The third-order valence-electron chi connectivity index (χ3n) is 3.04. The van der Waals surface area contributed by atoms with Gasteiger partial charge in [-0.25, -0.2) is 4.79 Å². The molecule has 0 saturated carbocycles. The topological polar surface area (TPSA) is 73.4 Å². The molecule has 2 heterocycles. The number of nitrogens with zero attached hydrogens (tertiary/aromatic N) is 3. The third kappa shape index (κ3) is 4.33. The molecule has 1 amide bonds. The highest BCUT2D eigenvalue weighted by molar-refractivity contribution is 7.59. The van der Waals surface area contributed by atoms with Crippen molar-refractivity contribution in [2.45, 2.75) is 45.3 Å². The minimum Gasteiger partial charge on any atom is -0.444 e. The minimum atomic E-state index is -0.458. The Kier molecular flexibility index (Phi) is 5.33. The Balaban J connectivity index is 0.00000200. The van der Waals surface area contributed by atoms with Gasteiger partial charge in [-0.05, 0) is 33.6 Å². The van der Waals surface area contributed by atoms with Crippen LogP contribution in [0.1, 0.15) is 39.7 Å². The van der Waals surface area contributed by atoms with Crippen LogP contribution in [0.15, 0.2) is 12.4 Å². The number of hydrogen-bond donors (Lipinski definition) is 1. The maximum absolute atomic E-state index is 12.0. The minimum absolute atomic E-state index is 0. The lowest BCUT2D eigenvalue weighted by Gasteiger charge is -2.34. The molecule has 0 aromatic carbocycles. The molecular formula is C13H24N4O2S. The number of hydrogen-bond acceptors (Lipinski definition) is 4. The van der Waals surface area contributed by atoms with E-state index in [1.165, 1.54) is 0 Å². The molecule has 0 spiro atoms. The van der Waals surface area contributed by atoms with Crippen molar-refractivity contribution in [3.63, 3.8) is 0 Å². The number of carbonyl (C=O) groups is 1. The monoisotopic (exact) mass is 300 g/mol. The first-order chi connectivity index (χ1) is 8.85. The second kappa shape index (κ2) is 6.39. The van der Waals surface area contributed by atoms with Gasteiger partial charge in [-0.2, -0.15) is 18.6 Å². The van der Waals surface area contributed by atoms with E-state index in [1.807, 2.05) is 31.6 Å². The number of aromatic nitrogens is 2. The van der Waals surface area contributed by atoms with Crippen LogP contribution in [0.2, 0.25) is 0 Å². The van der Waals surface area contributed by atoms with Crippen LogP contribution in [0, 0.1) is 0 Å². The summed E-state index contributed by atoms with van der Waals surface area (Å²) in [6.45, 7) is 6.99. The van der Waals surface area contributed by atoms with Crippen LogP contribution in [0.3, 0.4) is 0 Å². The molecule has 114 valence electrons. The molecule has 1 aliphatic rings. The molecule has 2 rings (SSSR count). The van der Waals surface area contributed by atoms with Gasteiger partial charge in [0.2, 0.25) is 0 Å². The Morgan fingerprint density at radius 1 is 1.50 bits per heavy atom. The Hall–Kier alpha value is -1.37. The van der Waals surface area contributed by atoms with Crippen molar-refractivity contribution >= 4 is 25.3 Å². The molecule has 7 heteroatoms. The van der Waals surface area contributed by atoms with Crippen molar-refractivity contribution in [3.05, 3.63) is 12.4 Å². The van der Waals surface area contributed by atoms with Gasteiger partial charge in [0.15, 0.2) is 0 Å². The van der Waals surface area contributed by atoms with Gasteiger partial charge in [-0.3, -0.25) is 4.68 Å². The number of anilines is 1. The summed E-state index contributed by atoms with van der Waals surface area (Å²) in [4.78, 5) is 13.8. The number of likely N-dealkylation sites (tertiary alicyclic amines) is 1. The van der Waals surface area contributed by atoms with E-state index in [1.54, 1.807) is 11.1 Å². The van der Waals surface area contributed by atoms with Crippen molar-refractivity contribution in [1.82, 2.24) is 14.7 Å². The van der Waals surface area contributed by atoms with Gasteiger partial charge in [0.1, 0.15) is 5.60 Å². The van der Waals surface area contributed by atoms with Gasteiger partial charge in [0, 0.05) is 19.3 Å². The second-order valence-corrected chi connectivity index (χ2v) is 5.98. The number of ether oxygens (including phenoxy) is 1. The quantitative estimate of drug-likeness (QED) is 0.862. The van der Waals surface area contributed by atoms with Crippen LogP contribution in [-0.4, -0.2) is 39.5 Å². The van der Waals surface area contributed by atoms with Crippen molar-refractivity contribution in [1.29, 1.82) is 0 Å². The molecule has 1 aromatic rings. The average Bonchev–Trinajstić information content (AvgIpc) is 2.74. The first-order valence-electron chi connectivity index (χ1n) is 6.63. The van der Waals surface area contributed by atoms with Crippen LogP contribution in [-0.2, 0) is 4.74 Å². The molecule has 0 unspecified atom stereocenters. The zero-order valence-electron chi connectivity index (χ0n) is 12.3. The third-order valence-corrected chi connectivity index (χ3v) is 3.04. The molecule has 0 aliphatic carbocycles. The summed E-state index contributed by atoms with van der Waals surface area (Å²) in [6.07, 6.45) is 5.14. The molecule has 1 atom stereocenters. The molecule has 1 saturated heterocycles. The number of rotatable bonds is 1. The zero-order chi connectivity index (χ0) is 14.0. The van der Waals surface area contributed by atoms with Crippen LogP contribution >= 0.6 is 13.5 Å². The molecule has 20 heavy (non-hydrogen) atoms. The predicted octanol–water partition coefficient (Wildman–Crippen LogP) is 2.15. The summed E-state index contributed by atoms with van der Waals surface area (Å²) in [5.74, 6) is 0. The zero-order valence-corrected chi connectivity index (χ0v) is 13.3. The summed E-state index contributed by atoms with van der Waals surface area (Å²) in [5, 5.41) is 4.22. The van der Waals surface area contributed by atoms with Crippen molar-refractivity contribution in [3.8, 4) is 0 Å². The summed E-state index contributed by atoms with van der Waals surface area (Å²) in [7, 11) is 0. The number of nitrogens with two attached hydrogens (primary N) is 1. The molecule has 1 fully saturated rings. The Labute approximate surface area is 126 Å². The highest BCUT2D eigenvalue weighted by atomic mass is 32.1. The SMILES string of the molecule is CC(C)(C)OC(=O)N1CCC[C@H](n2cc(N)cn2)C1.S. The molecule has 2 N–H and O–H groups in total. The van der Waals surface area contributed by atoms with E-state index in [0.717, 1.165) is 19.4 Å². The van der Waals surface area contributed by atoms with E-state index >= 15 is 0 Å². The van der Waals surface area contributed by atoms with E-state index in [2.05, 4.69) is 5.10 Å². The molecule has 1 aliphatic heterocycles. The lowest BCUT2D eigenvalue weighted by molar-refractivity contribution is 0.0167. The van der Waals surface area contributed by atoms with Crippen LogP contribution in [0.4, 0.5) is 10.5 Å². The van der Waals surface area contributed by atoms with E-state index in [0.29, 0.717) is 12.2 Å². The maximum atomic E-state index is 12.0. The van der Waals surface area contributed by atoms with Gasteiger partial charge in [-0.1, -0.05) is 0 Å². The van der Waals surface area contributed by atoms with Gasteiger partial charge in [0.05, 0.1) is 17.9 Å². The molecule has 1 aromatic heterocycles. The van der Waals surface area contributed by atoms with Gasteiger partial charge in [-0.15, -0.1) is 0 Å². The molecule has 6 nitrogen and oxygen atoms in total. The summed E-state index contributed by atoms with van der Waals surface area (Å²) < 4.78 is 7.24. The van der Waals surface area contributed by atoms with E-state index < -0.39 is 5.60 Å². The fraction of sp³-hybridized carbons (Fsp3) is 0.692. The Bertz CT molecular complexity index is 455. The largest absolute Gasteiger partial charge is 0.444 e. The number of amides is 1. The number of nitrogen functional groups attached to an aromatic ring is 1. The van der Waals surface area contributed by atoms with Crippen molar-refractivity contribution < 1.29 is 9.53 Å². The molecule has 0 radical (unpaired) electrons.